The highest BCUT2D eigenvalue weighted by Crippen LogP contribution is 2.28. The first kappa shape index (κ1) is 34.7. The largest absolute Gasteiger partial charge is 0.461 e. The highest BCUT2D eigenvalue weighted by molar-refractivity contribution is 7.98. The molecule has 4 N–H and O–H groups in total. The molecule has 4 atom stereocenters. The van der Waals surface area contributed by atoms with Crippen molar-refractivity contribution in [1.29, 1.82) is 0 Å². The number of benzene rings is 1. The molecule has 0 radical (unpaired) electrons. The van der Waals surface area contributed by atoms with E-state index in [9.17, 15) is 24.3 Å². The first-order valence-corrected chi connectivity index (χ1v) is 16.7. The number of ether oxygens (including phenoxy) is 2. The van der Waals surface area contributed by atoms with Gasteiger partial charge in [0.05, 0.1) is 25.4 Å². The van der Waals surface area contributed by atoms with E-state index in [0.717, 1.165) is 37.7 Å². The number of aliphatic hydroxyl groups excluding tert-OH is 1. The molecular formula is C31H48N4O7S. The standard InChI is InChI=1S/C31H48N4O7S/c1-21(2)42-30(39)27(36)24(18-22-10-6-4-7-11-22)32-29(38)26(20-43-3)33-28(37)25(19-23-12-8-5-9-13-23)34-31(40)35-14-16-41-17-15-35/h5,8-9,12-13,21-22,24-27,36H,4,6-7,10-11,14-20H2,1-3H3,(H,32,38)(H,33,37)(H,34,40)/t24?,25-,26+,27?/m1/s1. The van der Waals surface area contributed by atoms with Crippen LogP contribution in [0.5, 0.6) is 0 Å². The lowest BCUT2D eigenvalue weighted by Crippen LogP contribution is -2.59. The Labute approximate surface area is 259 Å². The summed E-state index contributed by atoms with van der Waals surface area (Å²) >= 11 is 1.38. The fourth-order valence-corrected chi connectivity index (χ4v) is 6.05. The molecule has 2 aliphatic rings. The summed E-state index contributed by atoms with van der Waals surface area (Å²) in [6.07, 6.45) is 5.78. The molecule has 11 nitrogen and oxygen atoms in total. The van der Waals surface area contributed by atoms with Gasteiger partial charge in [-0.2, -0.15) is 11.8 Å². The van der Waals surface area contributed by atoms with Gasteiger partial charge in [0.15, 0.2) is 6.10 Å². The molecular weight excluding hydrogens is 572 g/mol. The number of amides is 4. The van der Waals surface area contributed by atoms with Gasteiger partial charge in [-0.1, -0.05) is 62.4 Å². The monoisotopic (exact) mass is 620 g/mol. The maximum Gasteiger partial charge on any atom is 0.337 e. The Hall–Kier alpha value is -2.83. The lowest BCUT2D eigenvalue weighted by molar-refractivity contribution is -0.159. The number of urea groups is 1. The minimum atomic E-state index is -1.53. The molecule has 0 aromatic heterocycles. The number of esters is 1. The smallest absolute Gasteiger partial charge is 0.337 e. The first-order valence-electron chi connectivity index (χ1n) is 15.3. The number of carbonyl (C=O) groups is 4. The highest BCUT2D eigenvalue weighted by Gasteiger charge is 2.35. The van der Waals surface area contributed by atoms with Crippen molar-refractivity contribution < 1.29 is 33.8 Å². The lowest BCUT2D eigenvalue weighted by Gasteiger charge is -2.31. The van der Waals surface area contributed by atoms with E-state index in [0.29, 0.717) is 32.7 Å². The molecule has 0 spiro atoms. The highest BCUT2D eigenvalue weighted by atomic mass is 32.2. The third kappa shape index (κ3) is 11.6. The number of rotatable bonds is 14. The lowest BCUT2D eigenvalue weighted by atomic mass is 9.83. The number of aliphatic hydroxyl groups is 1. The molecule has 1 aliphatic heterocycles. The summed E-state index contributed by atoms with van der Waals surface area (Å²) in [5, 5.41) is 19.5. The third-order valence-electron chi connectivity index (χ3n) is 7.78. The van der Waals surface area contributed by atoms with Crippen molar-refractivity contribution in [3.05, 3.63) is 35.9 Å². The minimum absolute atomic E-state index is 0.237. The van der Waals surface area contributed by atoms with Gasteiger partial charge in [0.25, 0.3) is 0 Å². The summed E-state index contributed by atoms with van der Waals surface area (Å²) in [5.41, 5.74) is 0.857. The second-order valence-corrected chi connectivity index (χ2v) is 12.5. The SMILES string of the molecule is CSC[C@H](NC(=O)[C@@H](Cc1ccccc1)NC(=O)N1CCOCC1)C(=O)NC(CC1CCCCC1)C(O)C(=O)OC(C)C. The zero-order valence-corrected chi connectivity index (χ0v) is 26.4. The Balaban J connectivity index is 1.74. The van der Waals surface area contributed by atoms with Gasteiger partial charge in [0.2, 0.25) is 11.8 Å². The Morgan fingerprint density at radius 1 is 0.977 bits per heavy atom. The fraction of sp³-hybridized carbons (Fsp3) is 0.677. The van der Waals surface area contributed by atoms with Crippen LogP contribution < -0.4 is 16.0 Å². The zero-order valence-electron chi connectivity index (χ0n) is 25.6. The number of nitrogens with zero attached hydrogens (tertiary/aromatic N) is 1. The molecule has 0 bridgehead atoms. The Bertz CT molecular complexity index is 1030. The maximum atomic E-state index is 13.6. The molecule has 1 aliphatic carbocycles. The molecule has 2 fully saturated rings. The fourth-order valence-electron chi connectivity index (χ4n) is 5.49. The molecule has 240 valence electrons. The minimum Gasteiger partial charge on any atom is -0.461 e. The topological polar surface area (TPSA) is 146 Å². The summed E-state index contributed by atoms with van der Waals surface area (Å²) < 4.78 is 10.6. The van der Waals surface area contributed by atoms with E-state index in [2.05, 4.69) is 16.0 Å². The molecule has 2 unspecified atom stereocenters. The molecule has 1 heterocycles. The number of morpholine rings is 1. The van der Waals surface area contributed by atoms with Gasteiger partial charge in [-0.05, 0) is 38.0 Å². The van der Waals surface area contributed by atoms with Gasteiger partial charge in [-0.25, -0.2) is 9.59 Å². The van der Waals surface area contributed by atoms with Crippen LogP contribution in [0.15, 0.2) is 30.3 Å². The van der Waals surface area contributed by atoms with Gasteiger partial charge >= 0.3 is 12.0 Å². The molecule has 1 saturated heterocycles. The third-order valence-corrected chi connectivity index (χ3v) is 8.44. The van der Waals surface area contributed by atoms with E-state index < -0.39 is 48.1 Å². The van der Waals surface area contributed by atoms with Crippen LogP contribution in [0, 0.1) is 5.92 Å². The summed E-state index contributed by atoms with van der Waals surface area (Å²) in [5.74, 6) is -1.26. The number of carbonyl (C=O) groups excluding carboxylic acids is 4. The van der Waals surface area contributed by atoms with Crippen LogP contribution in [0.1, 0.15) is 57.9 Å². The average Bonchev–Trinajstić information content (AvgIpc) is 3.00. The van der Waals surface area contributed by atoms with Crippen LogP contribution in [0.25, 0.3) is 0 Å². The van der Waals surface area contributed by atoms with Crippen LogP contribution >= 0.6 is 11.8 Å². The zero-order chi connectivity index (χ0) is 31.2. The van der Waals surface area contributed by atoms with E-state index in [1.165, 1.54) is 11.8 Å². The Morgan fingerprint density at radius 3 is 2.26 bits per heavy atom. The second-order valence-electron chi connectivity index (χ2n) is 11.6. The molecule has 1 aromatic carbocycles. The van der Waals surface area contributed by atoms with Crippen molar-refractivity contribution in [2.45, 2.75) is 89.1 Å². The van der Waals surface area contributed by atoms with Gasteiger partial charge in [0.1, 0.15) is 12.1 Å². The van der Waals surface area contributed by atoms with E-state index >= 15 is 0 Å². The van der Waals surface area contributed by atoms with E-state index in [1.807, 2.05) is 36.6 Å². The van der Waals surface area contributed by atoms with Gasteiger partial charge < -0.3 is 35.4 Å². The van der Waals surface area contributed by atoms with E-state index in [-0.39, 0.29) is 24.1 Å². The molecule has 43 heavy (non-hydrogen) atoms. The quantitative estimate of drug-likeness (QED) is 0.232. The maximum absolute atomic E-state index is 13.6. The second kappa shape index (κ2) is 18.1. The molecule has 12 heteroatoms. The summed E-state index contributed by atoms with van der Waals surface area (Å²) in [7, 11) is 0. The first-order chi connectivity index (χ1) is 20.7. The van der Waals surface area contributed by atoms with Crippen LogP contribution in [-0.2, 0) is 30.3 Å². The Kier molecular flexibility index (Phi) is 14.6. The normalized spacial score (nSPS) is 18.7. The van der Waals surface area contributed by atoms with E-state index in [1.54, 1.807) is 18.7 Å². The van der Waals surface area contributed by atoms with E-state index in [4.69, 9.17) is 9.47 Å². The van der Waals surface area contributed by atoms with Crippen LogP contribution in [-0.4, -0.2) is 102 Å². The summed E-state index contributed by atoms with van der Waals surface area (Å²) in [6.45, 7) is 5.11. The van der Waals surface area contributed by atoms with Crippen LogP contribution in [0.4, 0.5) is 4.79 Å². The van der Waals surface area contributed by atoms with Crippen molar-refractivity contribution >= 4 is 35.6 Å². The van der Waals surface area contributed by atoms with Gasteiger partial charge in [0, 0.05) is 25.3 Å². The summed E-state index contributed by atoms with van der Waals surface area (Å²) in [6, 6.07) is 6.23. The summed E-state index contributed by atoms with van der Waals surface area (Å²) in [4.78, 5) is 54.5. The Morgan fingerprint density at radius 2 is 1.63 bits per heavy atom. The molecule has 1 saturated carbocycles. The van der Waals surface area contributed by atoms with Crippen molar-refractivity contribution in [2.24, 2.45) is 5.92 Å². The molecule has 3 rings (SSSR count). The van der Waals surface area contributed by atoms with Gasteiger partial charge in [-0.15, -0.1) is 0 Å². The van der Waals surface area contributed by atoms with Crippen LogP contribution in [0.2, 0.25) is 0 Å². The van der Waals surface area contributed by atoms with Crippen molar-refractivity contribution in [2.75, 3.05) is 38.3 Å². The van der Waals surface area contributed by atoms with Crippen molar-refractivity contribution in [3.63, 3.8) is 0 Å². The predicted molar refractivity (Wildman–Crippen MR) is 166 cm³/mol. The molecule has 4 amide bonds. The number of thioether (sulfide) groups is 1. The van der Waals surface area contributed by atoms with Gasteiger partial charge in [-0.3, -0.25) is 9.59 Å². The average molecular weight is 621 g/mol. The van der Waals surface area contributed by atoms with Crippen molar-refractivity contribution in [1.82, 2.24) is 20.9 Å². The van der Waals surface area contributed by atoms with Crippen LogP contribution in [0.3, 0.4) is 0 Å². The predicted octanol–water partition coefficient (Wildman–Crippen LogP) is 2.26. The number of hydrogen-bond donors (Lipinski definition) is 4. The number of nitrogens with one attached hydrogen (secondary N) is 3. The van der Waals surface area contributed by atoms with Crippen molar-refractivity contribution in [3.8, 4) is 0 Å². The molecule has 1 aromatic rings. The number of hydrogen-bond acceptors (Lipinski definition) is 8.